The predicted molar refractivity (Wildman–Crippen MR) is 83.1 cm³/mol. The van der Waals surface area contributed by atoms with E-state index in [4.69, 9.17) is 0 Å². The van der Waals surface area contributed by atoms with Crippen molar-refractivity contribution in [2.24, 2.45) is 5.92 Å². The fourth-order valence-electron chi connectivity index (χ4n) is 3.67. The molecule has 2 heterocycles. The zero-order valence-electron chi connectivity index (χ0n) is 11.5. The van der Waals surface area contributed by atoms with E-state index >= 15 is 0 Å². The minimum Gasteiger partial charge on any atom is -0.337 e. The van der Waals surface area contributed by atoms with Gasteiger partial charge in [0.1, 0.15) is 0 Å². The van der Waals surface area contributed by atoms with Gasteiger partial charge in [-0.3, -0.25) is 4.79 Å². The maximum atomic E-state index is 12.7. The zero-order valence-corrected chi connectivity index (χ0v) is 13.1. The van der Waals surface area contributed by atoms with Crippen LogP contribution in [0.5, 0.6) is 0 Å². The Morgan fingerprint density at radius 3 is 2.79 bits per heavy atom. The summed E-state index contributed by atoms with van der Waals surface area (Å²) >= 11 is 2.11. The number of fused-ring (bicyclic) bond motifs is 1. The van der Waals surface area contributed by atoms with Crippen LogP contribution in [0.1, 0.15) is 38.5 Å². The molecule has 0 spiro atoms. The van der Waals surface area contributed by atoms with Crippen molar-refractivity contribution in [3.8, 4) is 0 Å². The minimum absolute atomic E-state index is 0. The number of hydrogen-bond acceptors (Lipinski definition) is 3. The molecule has 3 rings (SSSR count). The number of carbonyl (C=O) groups excluding carboxylic acids is 1. The van der Waals surface area contributed by atoms with Gasteiger partial charge in [-0.25, -0.2) is 0 Å². The molecule has 0 aromatic heterocycles. The molecule has 3 atom stereocenters. The van der Waals surface area contributed by atoms with E-state index in [2.05, 4.69) is 22.0 Å². The first-order chi connectivity index (χ1) is 8.86. The Morgan fingerprint density at radius 2 is 2.00 bits per heavy atom. The topological polar surface area (TPSA) is 32.3 Å². The Balaban J connectivity index is 0.00000133. The quantitative estimate of drug-likeness (QED) is 0.807. The lowest BCUT2D eigenvalue weighted by atomic mass is 9.91. The highest BCUT2D eigenvalue weighted by molar-refractivity contribution is 8.00. The summed E-state index contributed by atoms with van der Waals surface area (Å²) in [5, 5.41) is 4.10. The smallest absolute Gasteiger partial charge is 0.227 e. The molecule has 3 aliphatic rings. The molecular weight excluding hydrogens is 280 g/mol. The van der Waals surface area contributed by atoms with Crippen molar-refractivity contribution in [3.63, 3.8) is 0 Å². The molecule has 0 aromatic carbocycles. The third-order valence-corrected chi connectivity index (χ3v) is 6.06. The summed E-state index contributed by atoms with van der Waals surface area (Å²) in [6.07, 6.45) is 7.49. The highest BCUT2D eigenvalue weighted by Gasteiger charge is 2.38. The molecule has 1 aliphatic carbocycles. The first kappa shape index (κ1) is 15.5. The van der Waals surface area contributed by atoms with Crippen molar-refractivity contribution >= 4 is 30.1 Å². The van der Waals surface area contributed by atoms with Crippen LogP contribution in [0.15, 0.2) is 0 Å². The number of rotatable bonds is 1. The molecule has 0 radical (unpaired) electrons. The van der Waals surface area contributed by atoms with Crippen molar-refractivity contribution in [1.29, 1.82) is 0 Å². The van der Waals surface area contributed by atoms with Crippen LogP contribution in [0.3, 0.4) is 0 Å². The largest absolute Gasteiger partial charge is 0.337 e. The summed E-state index contributed by atoms with van der Waals surface area (Å²) in [6, 6.07) is 0.548. The van der Waals surface area contributed by atoms with E-state index in [0.717, 1.165) is 43.5 Å². The van der Waals surface area contributed by atoms with Crippen LogP contribution in [-0.4, -0.2) is 47.5 Å². The van der Waals surface area contributed by atoms with Crippen molar-refractivity contribution < 1.29 is 4.79 Å². The fraction of sp³-hybridized carbons (Fsp3) is 0.929. The lowest BCUT2D eigenvalue weighted by molar-refractivity contribution is -0.139. The van der Waals surface area contributed by atoms with Crippen LogP contribution in [-0.2, 0) is 4.79 Å². The van der Waals surface area contributed by atoms with Crippen LogP contribution >= 0.6 is 24.2 Å². The van der Waals surface area contributed by atoms with Gasteiger partial charge in [0.05, 0.1) is 5.92 Å². The van der Waals surface area contributed by atoms with Gasteiger partial charge in [-0.2, -0.15) is 11.8 Å². The lowest BCUT2D eigenvalue weighted by Gasteiger charge is -2.45. The molecule has 0 aromatic rings. The second-order valence-electron chi connectivity index (χ2n) is 5.84. The summed E-state index contributed by atoms with van der Waals surface area (Å²) < 4.78 is 0. The van der Waals surface area contributed by atoms with Gasteiger partial charge in [-0.15, -0.1) is 12.4 Å². The van der Waals surface area contributed by atoms with E-state index in [1.54, 1.807) is 0 Å². The molecule has 1 saturated carbocycles. The van der Waals surface area contributed by atoms with Crippen molar-refractivity contribution in [1.82, 2.24) is 10.2 Å². The van der Waals surface area contributed by atoms with Crippen LogP contribution in [0, 0.1) is 5.92 Å². The second-order valence-corrected chi connectivity index (χ2v) is 7.18. The summed E-state index contributed by atoms with van der Waals surface area (Å²) in [7, 11) is 0. The molecule has 3 nitrogen and oxygen atoms in total. The van der Waals surface area contributed by atoms with Gasteiger partial charge in [0.15, 0.2) is 0 Å². The fourth-order valence-corrected chi connectivity index (χ4v) is 5.11. The Bertz CT molecular complexity index is 308. The number of thioether (sulfide) groups is 1. The van der Waals surface area contributed by atoms with Crippen LogP contribution in [0.2, 0.25) is 0 Å². The highest BCUT2D eigenvalue weighted by atomic mass is 35.5. The molecular formula is C14H25ClN2OS. The summed E-state index contributed by atoms with van der Waals surface area (Å²) in [4.78, 5) is 14.9. The van der Waals surface area contributed by atoms with Gasteiger partial charge in [-0.05, 0) is 32.2 Å². The van der Waals surface area contributed by atoms with Crippen molar-refractivity contribution in [3.05, 3.63) is 0 Å². The molecule has 5 heteroatoms. The van der Waals surface area contributed by atoms with Gasteiger partial charge in [0.25, 0.3) is 0 Å². The van der Waals surface area contributed by atoms with Crippen molar-refractivity contribution in [2.45, 2.75) is 49.8 Å². The average Bonchev–Trinajstić information content (AvgIpc) is 2.47. The number of nitrogens with zero attached hydrogens (tertiary/aromatic N) is 1. The number of hydrogen-bond donors (Lipinski definition) is 1. The summed E-state index contributed by atoms with van der Waals surface area (Å²) in [6.45, 7) is 2.98. The molecule has 1 N–H and O–H groups in total. The molecule has 0 bridgehead atoms. The van der Waals surface area contributed by atoms with E-state index in [0.29, 0.717) is 11.9 Å². The molecule has 2 saturated heterocycles. The maximum Gasteiger partial charge on any atom is 0.227 e. The Hall–Kier alpha value is 0.0700. The zero-order chi connectivity index (χ0) is 12.4. The molecule has 3 unspecified atom stereocenters. The van der Waals surface area contributed by atoms with E-state index in [9.17, 15) is 4.79 Å². The van der Waals surface area contributed by atoms with Crippen molar-refractivity contribution in [2.75, 3.05) is 25.4 Å². The maximum absolute atomic E-state index is 12.7. The van der Waals surface area contributed by atoms with Gasteiger partial charge >= 0.3 is 0 Å². The van der Waals surface area contributed by atoms with Crippen LogP contribution in [0.4, 0.5) is 0 Å². The summed E-state index contributed by atoms with van der Waals surface area (Å²) in [5.41, 5.74) is 0. The van der Waals surface area contributed by atoms with E-state index in [1.807, 2.05) is 0 Å². The number of carbonyl (C=O) groups is 1. The van der Waals surface area contributed by atoms with Gasteiger partial charge in [-0.1, -0.05) is 12.8 Å². The highest BCUT2D eigenvalue weighted by Crippen LogP contribution is 2.36. The molecule has 2 aliphatic heterocycles. The average molecular weight is 305 g/mol. The van der Waals surface area contributed by atoms with E-state index < -0.39 is 0 Å². The first-order valence-corrected chi connectivity index (χ1v) is 8.54. The Morgan fingerprint density at radius 1 is 1.16 bits per heavy atom. The Labute approximate surface area is 126 Å². The van der Waals surface area contributed by atoms with Gasteiger partial charge in [0, 0.05) is 30.1 Å². The molecule has 110 valence electrons. The Kier molecular flexibility index (Phi) is 5.85. The van der Waals surface area contributed by atoms with E-state index in [-0.39, 0.29) is 18.3 Å². The van der Waals surface area contributed by atoms with Crippen LogP contribution in [0.25, 0.3) is 0 Å². The molecule has 19 heavy (non-hydrogen) atoms. The molecule has 3 fully saturated rings. The van der Waals surface area contributed by atoms with Gasteiger partial charge in [0.2, 0.25) is 5.91 Å². The lowest BCUT2D eigenvalue weighted by Crippen LogP contribution is -2.54. The monoisotopic (exact) mass is 304 g/mol. The SMILES string of the molecule is Cl.O=C(C1CCCNC1)N1CCSC2CCCCC21. The summed E-state index contributed by atoms with van der Waals surface area (Å²) in [5.74, 6) is 1.84. The minimum atomic E-state index is 0. The second kappa shape index (κ2) is 7.19. The third-order valence-electron chi connectivity index (χ3n) is 4.66. The predicted octanol–water partition coefficient (Wildman–Crippen LogP) is 2.29. The number of amides is 1. The van der Waals surface area contributed by atoms with E-state index in [1.165, 1.54) is 25.7 Å². The van der Waals surface area contributed by atoms with Crippen LogP contribution < -0.4 is 5.32 Å². The normalized spacial score (nSPS) is 35.2. The number of halogens is 1. The molecule has 1 amide bonds. The van der Waals surface area contributed by atoms with Gasteiger partial charge < -0.3 is 10.2 Å². The number of nitrogens with one attached hydrogen (secondary N) is 1. The third kappa shape index (κ3) is 3.40. The first-order valence-electron chi connectivity index (χ1n) is 7.49. The number of piperidine rings is 1. The standard InChI is InChI=1S/C14H24N2OS.ClH/c17-14(11-4-3-7-15-10-11)16-8-9-18-13-6-2-1-5-12(13)16;/h11-13,15H,1-10H2;1H.